The van der Waals surface area contributed by atoms with Crippen molar-refractivity contribution in [1.82, 2.24) is 0 Å². The molecule has 0 spiro atoms. The number of ether oxygens (including phenoxy) is 1. The fourth-order valence-electron chi connectivity index (χ4n) is 1.92. The zero-order valence-electron chi connectivity index (χ0n) is 7.43. The second-order valence-corrected chi connectivity index (χ2v) is 3.37. The Balaban J connectivity index is 2.12. The van der Waals surface area contributed by atoms with Crippen LogP contribution < -0.4 is 0 Å². The fourth-order valence-corrected chi connectivity index (χ4v) is 1.92. The largest absolute Gasteiger partial charge is 0.464 e. The second-order valence-electron chi connectivity index (χ2n) is 3.37. The lowest BCUT2D eigenvalue weighted by atomic mass is 9.92. The molecule has 4 nitrogen and oxygen atoms in total. The van der Waals surface area contributed by atoms with E-state index in [1.807, 2.05) is 6.08 Å². The Labute approximate surface area is 80.7 Å². The molecule has 0 bridgehead atoms. The van der Waals surface area contributed by atoms with Crippen LogP contribution in [0.5, 0.6) is 0 Å². The summed E-state index contributed by atoms with van der Waals surface area (Å²) < 4.78 is 4.94. The van der Waals surface area contributed by atoms with Gasteiger partial charge in [-0.05, 0) is 11.6 Å². The number of carbonyl (C=O) groups excluding carboxylic acids is 1. The third-order valence-corrected chi connectivity index (χ3v) is 2.59. The Bertz CT molecular complexity index is 429. The van der Waals surface area contributed by atoms with Gasteiger partial charge in [-0.3, -0.25) is 9.98 Å². The molecule has 3 aliphatic heterocycles. The molecule has 70 valence electrons. The number of hydrogen-bond acceptors (Lipinski definition) is 4. The summed E-state index contributed by atoms with van der Waals surface area (Å²) in [4.78, 5) is 19.7. The minimum absolute atomic E-state index is 0.241. The Kier molecular flexibility index (Phi) is 1.45. The summed E-state index contributed by atoms with van der Waals surface area (Å²) >= 11 is 0. The first kappa shape index (κ1) is 7.67. The average molecular weight is 188 g/mol. The average Bonchev–Trinajstić information content (AvgIpc) is 2.66. The van der Waals surface area contributed by atoms with Crippen molar-refractivity contribution < 1.29 is 9.53 Å². The number of dihydropyridines is 1. The molecule has 1 unspecified atom stereocenters. The number of esters is 1. The van der Waals surface area contributed by atoms with Crippen LogP contribution in [0.2, 0.25) is 0 Å². The van der Waals surface area contributed by atoms with Crippen molar-refractivity contribution in [3.8, 4) is 0 Å². The third kappa shape index (κ3) is 0.907. The van der Waals surface area contributed by atoms with Gasteiger partial charge in [-0.1, -0.05) is 0 Å². The molecule has 1 atom stereocenters. The van der Waals surface area contributed by atoms with Crippen LogP contribution in [-0.2, 0) is 9.53 Å². The quantitative estimate of drug-likeness (QED) is 0.524. The van der Waals surface area contributed by atoms with E-state index in [9.17, 15) is 4.79 Å². The van der Waals surface area contributed by atoms with Gasteiger partial charge in [0.1, 0.15) is 0 Å². The second kappa shape index (κ2) is 2.64. The molecule has 3 rings (SSSR count). The van der Waals surface area contributed by atoms with Gasteiger partial charge in [0.2, 0.25) is 0 Å². The predicted octanol–water partition coefficient (Wildman–Crippen LogP) is 0.651. The molecule has 0 aromatic heterocycles. The highest BCUT2D eigenvalue weighted by Gasteiger charge is 2.33. The Hall–Kier alpha value is -1.71. The smallest absolute Gasteiger partial charge is 0.335 e. The topological polar surface area (TPSA) is 51.0 Å². The number of rotatable bonds is 0. The van der Waals surface area contributed by atoms with Crippen molar-refractivity contribution in [2.45, 2.75) is 12.5 Å². The molecule has 0 aromatic carbocycles. The van der Waals surface area contributed by atoms with E-state index in [2.05, 4.69) is 9.98 Å². The van der Waals surface area contributed by atoms with E-state index in [0.29, 0.717) is 6.61 Å². The van der Waals surface area contributed by atoms with Gasteiger partial charge in [0, 0.05) is 24.4 Å². The van der Waals surface area contributed by atoms with Crippen molar-refractivity contribution in [3.63, 3.8) is 0 Å². The molecule has 4 heteroatoms. The number of nitrogens with zero attached hydrogens (tertiary/aromatic N) is 2. The summed E-state index contributed by atoms with van der Waals surface area (Å²) in [6.45, 7) is 0.463. The molecule has 0 aliphatic carbocycles. The minimum atomic E-state index is -0.416. The molecule has 1 saturated heterocycles. The van der Waals surface area contributed by atoms with Crippen LogP contribution in [0.15, 0.2) is 33.4 Å². The maximum Gasteiger partial charge on any atom is 0.335 e. The van der Waals surface area contributed by atoms with Crippen LogP contribution in [0.25, 0.3) is 0 Å². The lowest BCUT2D eigenvalue weighted by molar-refractivity contribution is -0.146. The van der Waals surface area contributed by atoms with E-state index in [-0.39, 0.29) is 5.97 Å². The molecular formula is C10H8N2O2. The highest BCUT2D eigenvalue weighted by molar-refractivity contribution is 6.41. The maximum atomic E-state index is 11.4. The summed E-state index contributed by atoms with van der Waals surface area (Å²) in [5.41, 5.74) is 2.98. The summed E-state index contributed by atoms with van der Waals surface area (Å²) in [5, 5.41) is 0. The molecule has 0 aromatic rings. The van der Waals surface area contributed by atoms with E-state index in [4.69, 9.17) is 4.74 Å². The minimum Gasteiger partial charge on any atom is -0.464 e. The van der Waals surface area contributed by atoms with Gasteiger partial charge >= 0.3 is 5.97 Å². The summed E-state index contributed by atoms with van der Waals surface area (Å²) in [7, 11) is 0. The number of carbonyl (C=O) groups is 1. The van der Waals surface area contributed by atoms with Gasteiger partial charge in [-0.25, -0.2) is 4.79 Å². The lowest BCUT2D eigenvalue weighted by Crippen LogP contribution is -2.34. The van der Waals surface area contributed by atoms with Gasteiger partial charge in [-0.2, -0.15) is 0 Å². The van der Waals surface area contributed by atoms with Crippen LogP contribution in [0.1, 0.15) is 6.42 Å². The number of hydrogen-bond donors (Lipinski definition) is 0. The number of allylic oxidation sites excluding steroid dienone is 2. The first-order valence-corrected chi connectivity index (χ1v) is 4.54. The summed E-state index contributed by atoms with van der Waals surface area (Å²) in [6.07, 6.45) is 6.09. The van der Waals surface area contributed by atoms with Crippen molar-refractivity contribution >= 4 is 17.9 Å². The van der Waals surface area contributed by atoms with Gasteiger partial charge in [0.15, 0.2) is 6.04 Å². The van der Waals surface area contributed by atoms with E-state index >= 15 is 0 Å². The first-order valence-electron chi connectivity index (χ1n) is 4.54. The van der Waals surface area contributed by atoms with Crippen molar-refractivity contribution in [2.24, 2.45) is 9.98 Å². The Morgan fingerprint density at radius 1 is 1.50 bits per heavy atom. The molecule has 14 heavy (non-hydrogen) atoms. The zero-order chi connectivity index (χ0) is 9.54. The molecule has 1 fully saturated rings. The normalized spacial score (nSPS) is 28.4. The number of aliphatic imine (C=N–C) groups is 2. The number of fused-ring (bicyclic) bond motifs is 2. The monoisotopic (exact) mass is 188 g/mol. The first-order chi connectivity index (χ1) is 6.86. The molecular weight excluding hydrogens is 180 g/mol. The van der Waals surface area contributed by atoms with Gasteiger partial charge in [-0.15, -0.1) is 0 Å². The molecule has 0 amide bonds. The summed E-state index contributed by atoms with van der Waals surface area (Å²) in [5.74, 6) is -0.241. The van der Waals surface area contributed by atoms with Crippen LogP contribution in [0.4, 0.5) is 0 Å². The van der Waals surface area contributed by atoms with Crippen LogP contribution in [-0.4, -0.2) is 30.5 Å². The van der Waals surface area contributed by atoms with E-state index in [0.717, 1.165) is 23.3 Å². The van der Waals surface area contributed by atoms with Gasteiger partial charge < -0.3 is 4.74 Å². The zero-order valence-corrected chi connectivity index (χ0v) is 7.43. The molecule has 0 N–H and O–H groups in total. The highest BCUT2D eigenvalue weighted by Crippen LogP contribution is 2.28. The fraction of sp³-hybridized carbons (Fsp3) is 0.300. The van der Waals surface area contributed by atoms with Crippen LogP contribution in [0.3, 0.4) is 0 Å². The third-order valence-electron chi connectivity index (χ3n) is 2.59. The van der Waals surface area contributed by atoms with E-state index in [1.165, 1.54) is 0 Å². The molecule has 0 radical (unpaired) electrons. The van der Waals surface area contributed by atoms with E-state index < -0.39 is 6.04 Å². The van der Waals surface area contributed by atoms with Crippen molar-refractivity contribution in [3.05, 3.63) is 23.4 Å². The Morgan fingerprint density at radius 3 is 3.36 bits per heavy atom. The molecule has 3 aliphatic rings. The van der Waals surface area contributed by atoms with Crippen molar-refractivity contribution in [1.29, 1.82) is 0 Å². The van der Waals surface area contributed by atoms with Gasteiger partial charge in [0.25, 0.3) is 0 Å². The number of cyclic esters (lactones) is 1. The molecule has 3 heterocycles. The van der Waals surface area contributed by atoms with E-state index in [1.54, 1.807) is 12.4 Å². The van der Waals surface area contributed by atoms with Crippen LogP contribution >= 0.6 is 0 Å². The maximum absolute atomic E-state index is 11.4. The molecule has 0 saturated carbocycles. The summed E-state index contributed by atoms with van der Waals surface area (Å²) in [6, 6.07) is -0.416. The highest BCUT2D eigenvalue weighted by atomic mass is 16.5. The SMILES string of the molecule is O=C1OCCC2=C3C=CN=C3C=NC12. The standard InChI is InChI=1S/C10H8N2O2/c13-10-9-7(2-4-14-10)6-1-3-11-8(6)5-12-9/h1,3,5,9H,2,4H2. The van der Waals surface area contributed by atoms with Crippen LogP contribution in [0, 0.1) is 0 Å². The predicted molar refractivity (Wildman–Crippen MR) is 51.5 cm³/mol. The van der Waals surface area contributed by atoms with Crippen molar-refractivity contribution in [2.75, 3.05) is 6.61 Å². The Morgan fingerprint density at radius 2 is 2.43 bits per heavy atom. The van der Waals surface area contributed by atoms with Gasteiger partial charge in [0.05, 0.1) is 12.3 Å². The lowest BCUT2D eigenvalue weighted by Gasteiger charge is -2.25.